The van der Waals surface area contributed by atoms with Crippen LogP contribution in [-0.4, -0.2) is 14.2 Å². The van der Waals surface area contributed by atoms with Gasteiger partial charge in [0.15, 0.2) is 11.5 Å². The molecule has 3 rings (SSSR count). The van der Waals surface area contributed by atoms with Crippen LogP contribution in [0, 0.1) is 5.82 Å². The number of nitrogens with one attached hydrogen (secondary N) is 1. The van der Waals surface area contributed by atoms with Crippen LogP contribution < -0.4 is 19.5 Å². The van der Waals surface area contributed by atoms with Crippen molar-refractivity contribution in [2.24, 2.45) is 0 Å². The summed E-state index contributed by atoms with van der Waals surface area (Å²) in [5.41, 5.74) is 2.70. The molecule has 6 heteroatoms. The minimum absolute atomic E-state index is 0.122. The van der Waals surface area contributed by atoms with Crippen LogP contribution in [0.1, 0.15) is 16.7 Å². The summed E-state index contributed by atoms with van der Waals surface area (Å²) in [7, 11) is 3.24. The molecule has 0 aromatic heterocycles. The molecule has 0 aliphatic heterocycles. The molecule has 4 nitrogen and oxygen atoms in total. The van der Waals surface area contributed by atoms with Crippen molar-refractivity contribution in [2.75, 3.05) is 14.2 Å². The third kappa shape index (κ3) is 5.71. The first kappa shape index (κ1) is 21.1. The number of methoxy groups -OCH3 is 2. The second kappa shape index (κ2) is 10.3. The summed E-state index contributed by atoms with van der Waals surface area (Å²) in [4.78, 5) is 0. The van der Waals surface area contributed by atoms with E-state index in [2.05, 4.69) is 21.2 Å². The van der Waals surface area contributed by atoms with Crippen LogP contribution in [0.25, 0.3) is 0 Å². The van der Waals surface area contributed by atoms with Crippen LogP contribution in [-0.2, 0) is 19.7 Å². The molecule has 0 aliphatic rings. The van der Waals surface area contributed by atoms with E-state index in [1.54, 1.807) is 32.4 Å². The van der Waals surface area contributed by atoms with Crippen LogP contribution in [0.2, 0.25) is 0 Å². The van der Waals surface area contributed by atoms with Crippen molar-refractivity contribution < 1.29 is 18.6 Å². The van der Waals surface area contributed by atoms with Gasteiger partial charge in [-0.2, -0.15) is 0 Å². The Labute approximate surface area is 178 Å². The van der Waals surface area contributed by atoms with Gasteiger partial charge in [-0.05, 0) is 57.4 Å². The number of rotatable bonds is 9. The summed E-state index contributed by atoms with van der Waals surface area (Å²) in [6, 6.07) is 18.4. The standard InChI is InChI=1S/C23H23BrFNO3/c1-27-19-9-7-16(8-10-19)13-26-14-17-11-20(24)23(22(12-17)28-2)29-15-18-5-3-4-6-21(18)25/h3-12,26H,13-15H2,1-2H3. The van der Waals surface area contributed by atoms with Crippen LogP contribution in [0.4, 0.5) is 4.39 Å². The van der Waals surface area contributed by atoms with Crippen molar-refractivity contribution in [3.05, 3.63) is 87.6 Å². The largest absolute Gasteiger partial charge is 0.497 e. The Hall–Kier alpha value is -2.57. The van der Waals surface area contributed by atoms with Gasteiger partial charge in [-0.3, -0.25) is 0 Å². The SMILES string of the molecule is COc1ccc(CNCc2cc(Br)c(OCc3ccccc3F)c(OC)c2)cc1. The summed E-state index contributed by atoms with van der Waals surface area (Å²) in [6.45, 7) is 1.51. The molecule has 0 spiro atoms. The number of halogens is 2. The second-order valence-corrected chi connectivity index (χ2v) is 7.30. The quantitative estimate of drug-likeness (QED) is 0.460. The van der Waals surface area contributed by atoms with E-state index in [0.29, 0.717) is 23.6 Å². The second-order valence-electron chi connectivity index (χ2n) is 6.44. The summed E-state index contributed by atoms with van der Waals surface area (Å²) in [6.07, 6.45) is 0. The van der Waals surface area contributed by atoms with E-state index < -0.39 is 0 Å². The summed E-state index contributed by atoms with van der Waals surface area (Å²) in [5, 5.41) is 3.41. The highest BCUT2D eigenvalue weighted by molar-refractivity contribution is 9.10. The molecule has 3 aromatic carbocycles. The molecule has 0 amide bonds. The Balaban J connectivity index is 1.63. The van der Waals surface area contributed by atoms with E-state index in [9.17, 15) is 4.39 Å². The lowest BCUT2D eigenvalue weighted by Gasteiger charge is -2.15. The van der Waals surface area contributed by atoms with Crippen molar-refractivity contribution in [2.45, 2.75) is 19.7 Å². The fourth-order valence-corrected chi connectivity index (χ4v) is 3.48. The molecule has 0 heterocycles. The first-order valence-electron chi connectivity index (χ1n) is 9.17. The van der Waals surface area contributed by atoms with E-state index in [0.717, 1.165) is 22.3 Å². The number of benzene rings is 3. The van der Waals surface area contributed by atoms with E-state index in [4.69, 9.17) is 14.2 Å². The predicted molar refractivity (Wildman–Crippen MR) is 115 cm³/mol. The zero-order valence-corrected chi connectivity index (χ0v) is 18.0. The molecule has 29 heavy (non-hydrogen) atoms. The first-order valence-corrected chi connectivity index (χ1v) is 9.96. The van der Waals surface area contributed by atoms with Crippen LogP contribution in [0.15, 0.2) is 65.1 Å². The van der Waals surface area contributed by atoms with E-state index in [1.165, 1.54) is 11.6 Å². The average Bonchev–Trinajstić information content (AvgIpc) is 2.74. The zero-order chi connectivity index (χ0) is 20.6. The van der Waals surface area contributed by atoms with Crippen LogP contribution >= 0.6 is 15.9 Å². The maximum absolute atomic E-state index is 13.8. The molecule has 3 aromatic rings. The van der Waals surface area contributed by atoms with Gasteiger partial charge in [-0.1, -0.05) is 30.3 Å². The van der Waals surface area contributed by atoms with Crippen LogP contribution in [0.3, 0.4) is 0 Å². The highest BCUT2D eigenvalue weighted by Gasteiger charge is 2.13. The molecule has 1 N–H and O–H groups in total. The molecule has 0 atom stereocenters. The number of hydrogen-bond acceptors (Lipinski definition) is 4. The van der Waals surface area contributed by atoms with Gasteiger partial charge in [0.05, 0.1) is 18.7 Å². The topological polar surface area (TPSA) is 39.7 Å². The number of ether oxygens (including phenoxy) is 3. The van der Waals surface area contributed by atoms with Crippen molar-refractivity contribution in [3.63, 3.8) is 0 Å². The highest BCUT2D eigenvalue weighted by Crippen LogP contribution is 2.37. The van der Waals surface area contributed by atoms with Gasteiger partial charge in [0.2, 0.25) is 0 Å². The third-order valence-electron chi connectivity index (χ3n) is 4.44. The molecule has 0 saturated carbocycles. The van der Waals surface area contributed by atoms with Crippen molar-refractivity contribution in [3.8, 4) is 17.2 Å². The zero-order valence-electron chi connectivity index (χ0n) is 16.4. The van der Waals surface area contributed by atoms with Gasteiger partial charge in [-0.15, -0.1) is 0 Å². The molecular formula is C23H23BrFNO3. The molecule has 0 unspecified atom stereocenters. The molecule has 0 saturated heterocycles. The Morgan fingerprint density at radius 2 is 1.62 bits per heavy atom. The summed E-state index contributed by atoms with van der Waals surface area (Å²) >= 11 is 3.54. The van der Waals surface area contributed by atoms with Gasteiger partial charge in [0, 0.05) is 18.7 Å². The van der Waals surface area contributed by atoms with Crippen molar-refractivity contribution in [1.82, 2.24) is 5.32 Å². The minimum atomic E-state index is -0.290. The van der Waals surface area contributed by atoms with Crippen LogP contribution in [0.5, 0.6) is 17.2 Å². The number of hydrogen-bond donors (Lipinski definition) is 1. The van der Waals surface area contributed by atoms with Gasteiger partial charge in [-0.25, -0.2) is 4.39 Å². The predicted octanol–water partition coefficient (Wildman–Crippen LogP) is 5.47. The fourth-order valence-electron chi connectivity index (χ4n) is 2.88. The minimum Gasteiger partial charge on any atom is -0.497 e. The van der Waals surface area contributed by atoms with Gasteiger partial charge in [0.1, 0.15) is 18.2 Å². The first-order chi connectivity index (χ1) is 14.1. The Morgan fingerprint density at radius 3 is 2.31 bits per heavy atom. The Bertz CT molecular complexity index is 947. The van der Waals surface area contributed by atoms with E-state index in [-0.39, 0.29) is 12.4 Å². The lowest BCUT2D eigenvalue weighted by Crippen LogP contribution is -2.13. The smallest absolute Gasteiger partial charge is 0.175 e. The van der Waals surface area contributed by atoms with Gasteiger partial charge < -0.3 is 19.5 Å². The molecule has 0 radical (unpaired) electrons. The molecule has 152 valence electrons. The Kier molecular flexibility index (Phi) is 7.49. The maximum Gasteiger partial charge on any atom is 0.175 e. The van der Waals surface area contributed by atoms with E-state index in [1.807, 2.05) is 36.4 Å². The van der Waals surface area contributed by atoms with E-state index >= 15 is 0 Å². The summed E-state index contributed by atoms with van der Waals surface area (Å²) < 4.78 is 31.1. The maximum atomic E-state index is 13.8. The highest BCUT2D eigenvalue weighted by atomic mass is 79.9. The van der Waals surface area contributed by atoms with Crippen molar-refractivity contribution >= 4 is 15.9 Å². The molecular weight excluding hydrogens is 437 g/mol. The molecule has 0 aliphatic carbocycles. The monoisotopic (exact) mass is 459 g/mol. The third-order valence-corrected chi connectivity index (χ3v) is 5.03. The Morgan fingerprint density at radius 1 is 0.897 bits per heavy atom. The van der Waals surface area contributed by atoms with Gasteiger partial charge in [0.25, 0.3) is 0 Å². The van der Waals surface area contributed by atoms with Crippen molar-refractivity contribution in [1.29, 1.82) is 0 Å². The fraction of sp³-hybridized carbons (Fsp3) is 0.217. The van der Waals surface area contributed by atoms with Gasteiger partial charge >= 0.3 is 0 Å². The lowest BCUT2D eigenvalue weighted by atomic mass is 10.1. The molecule has 0 bridgehead atoms. The molecule has 0 fully saturated rings. The lowest BCUT2D eigenvalue weighted by molar-refractivity contribution is 0.277. The normalized spacial score (nSPS) is 10.6. The average molecular weight is 460 g/mol. The summed E-state index contributed by atoms with van der Waals surface area (Å²) in [5.74, 6) is 1.70.